The molecule has 13 heavy (non-hydrogen) atoms. The number of aryl methyl sites for hydroxylation is 1. The van der Waals surface area contributed by atoms with E-state index in [4.69, 9.17) is 0 Å². The number of aliphatic imine (C=N–C) groups is 1. The molecule has 1 aromatic rings. The average molecular weight is 200 g/mol. The Morgan fingerprint density at radius 2 is 2.31 bits per heavy atom. The number of fused-ring (bicyclic) bond motifs is 1. The van der Waals surface area contributed by atoms with Crippen LogP contribution in [0.5, 0.6) is 0 Å². The van der Waals surface area contributed by atoms with Crippen LogP contribution in [0.25, 0.3) is 0 Å². The standard InChI is InChI=1S/C5H4N4O3S/c10-3-6-4-7-5-9(8-4)1-2-13(5,11)12/h1-2H2. The van der Waals surface area contributed by atoms with Crippen LogP contribution in [0.1, 0.15) is 0 Å². The van der Waals surface area contributed by atoms with Crippen LogP contribution in [-0.2, 0) is 21.2 Å². The van der Waals surface area contributed by atoms with Gasteiger partial charge in [0.15, 0.2) is 0 Å². The average Bonchev–Trinajstić information content (AvgIpc) is 2.55. The van der Waals surface area contributed by atoms with Crippen LogP contribution >= 0.6 is 0 Å². The van der Waals surface area contributed by atoms with Crippen molar-refractivity contribution in [3.8, 4) is 0 Å². The van der Waals surface area contributed by atoms with Gasteiger partial charge in [-0.1, -0.05) is 0 Å². The second kappa shape index (κ2) is 2.48. The molecule has 8 heteroatoms. The van der Waals surface area contributed by atoms with Crippen molar-refractivity contribution in [2.45, 2.75) is 11.7 Å². The van der Waals surface area contributed by atoms with Gasteiger partial charge in [0.25, 0.3) is 5.95 Å². The Morgan fingerprint density at radius 1 is 1.54 bits per heavy atom. The zero-order chi connectivity index (χ0) is 9.47. The van der Waals surface area contributed by atoms with E-state index in [1.807, 2.05) is 0 Å². The first-order valence-electron chi connectivity index (χ1n) is 3.39. The molecule has 0 fully saturated rings. The van der Waals surface area contributed by atoms with Crippen molar-refractivity contribution in [3.63, 3.8) is 0 Å². The predicted molar refractivity (Wildman–Crippen MR) is 39.9 cm³/mol. The molecule has 0 bridgehead atoms. The molecule has 2 rings (SSSR count). The van der Waals surface area contributed by atoms with Crippen LogP contribution in [0.15, 0.2) is 10.1 Å². The first kappa shape index (κ1) is 8.09. The Balaban J connectivity index is 2.60. The second-order valence-corrected chi connectivity index (χ2v) is 4.44. The van der Waals surface area contributed by atoms with E-state index < -0.39 is 9.84 Å². The van der Waals surface area contributed by atoms with Gasteiger partial charge in [0, 0.05) is 0 Å². The summed E-state index contributed by atoms with van der Waals surface area (Å²) in [7, 11) is -3.30. The van der Waals surface area contributed by atoms with Crippen molar-refractivity contribution in [1.29, 1.82) is 0 Å². The molecule has 0 radical (unpaired) electrons. The highest BCUT2D eigenvalue weighted by Gasteiger charge is 2.30. The highest BCUT2D eigenvalue weighted by molar-refractivity contribution is 7.91. The smallest absolute Gasteiger partial charge is 0.233 e. The summed E-state index contributed by atoms with van der Waals surface area (Å²) in [6.07, 6.45) is 1.24. The summed E-state index contributed by atoms with van der Waals surface area (Å²) in [4.78, 5) is 16.5. The van der Waals surface area contributed by atoms with Gasteiger partial charge in [-0.3, -0.25) is 0 Å². The molecule has 0 spiro atoms. The lowest BCUT2D eigenvalue weighted by Gasteiger charge is -1.84. The monoisotopic (exact) mass is 200 g/mol. The third kappa shape index (κ3) is 1.16. The van der Waals surface area contributed by atoms with Gasteiger partial charge in [-0.25, -0.2) is 17.9 Å². The summed E-state index contributed by atoms with van der Waals surface area (Å²) < 4.78 is 23.6. The Labute approximate surface area is 73.0 Å². The predicted octanol–water partition coefficient (Wildman–Crippen LogP) is -0.967. The van der Waals surface area contributed by atoms with Crippen LogP contribution in [0.3, 0.4) is 0 Å². The SMILES string of the molecule is O=C=Nc1nc2n(n1)CCS2(=O)=O. The lowest BCUT2D eigenvalue weighted by atomic mass is 10.8. The van der Waals surface area contributed by atoms with Crippen molar-refractivity contribution >= 4 is 21.9 Å². The molecule has 0 aliphatic carbocycles. The molecule has 0 N–H and O–H groups in total. The zero-order valence-corrected chi connectivity index (χ0v) is 7.15. The summed E-state index contributed by atoms with van der Waals surface area (Å²) in [5.74, 6) is -0.152. The minimum atomic E-state index is -3.30. The highest BCUT2D eigenvalue weighted by atomic mass is 32.2. The quantitative estimate of drug-likeness (QED) is 0.429. The van der Waals surface area contributed by atoms with Gasteiger partial charge >= 0.3 is 0 Å². The normalized spacial score (nSPS) is 17.8. The van der Waals surface area contributed by atoms with Crippen molar-refractivity contribution in [2.24, 2.45) is 4.99 Å². The maximum Gasteiger partial charge on any atom is 0.280 e. The van der Waals surface area contributed by atoms with E-state index in [-0.39, 0.29) is 23.4 Å². The molecule has 0 saturated heterocycles. The Kier molecular flexibility index (Phi) is 1.54. The number of hydrogen-bond acceptors (Lipinski definition) is 6. The minimum Gasteiger partial charge on any atom is -0.233 e. The van der Waals surface area contributed by atoms with Crippen molar-refractivity contribution in [3.05, 3.63) is 0 Å². The lowest BCUT2D eigenvalue weighted by molar-refractivity contribution is 0.564. The van der Waals surface area contributed by atoms with Crippen molar-refractivity contribution in [2.75, 3.05) is 5.75 Å². The molecule has 7 nitrogen and oxygen atoms in total. The maximum absolute atomic E-state index is 11.2. The van der Waals surface area contributed by atoms with Crippen LogP contribution in [0.4, 0.5) is 5.95 Å². The lowest BCUT2D eigenvalue weighted by Crippen LogP contribution is -1.99. The summed E-state index contributed by atoms with van der Waals surface area (Å²) in [5, 5.41) is 3.55. The third-order valence-corrected chi connectivity index (χ3v) is 3.20. The zero-order valence-electron chi connectivity index (χ0n) is 6.34. The van der Waals surface area contributed by atoms with Gasteiger partial charge in [0.2, 0.25) is 21.1 Å². The van der Waals surface area contributed by atoms with Gasteiger partial charge in [0.1, 0.15) is 0 Å². The van der Waals surface area contributed by atoms with E-state index >= 15 is 0 Å². The molecule has 68 valence electrons. The van der Waals surface area contributed by atoms with Crippen molar-refractivity contribution < 1.29 is 13.2 Å². The molecular formula is C5H4N4O3S. The molecule has 1 aromatic heterocycles. The minimum absolute atomic E-state index is 0.00736. The fraction of sp³-hybridized carbons (Fsp3) is 0.400. The molecule has 0 saturated carbocycles. The fourth-order valence-electron chi connectivity index (χ4n) is 1.08. The highest BCUT2D eigenvalue weighted by Crippen LogP contribution is 2.18. The van der Waals surface area contributed by atoms with Crippen LogP contribution in [0, 0.1) is 0 Å². The van der Waals surface area contributed by atoms with E-state index in [2.05, 4.69) is 15.1 Å². The van der Waals surface area contributed by atoms with E-state index in [1.165, 1.54) is 10.8 Å². The van der Waals surface area contributed by atoms with Crippen LogP contribution in [-0.4, -0.2) is 35.0 Å². The molecule has 1 aliphatic heterocycles. The summed E-state index contributed by atoms with van der Waals surface area (Å²) in [5.41, 5.74) is 0. The van der Waals surface area contributed by atoms with Gasteiger partial charge in [0.05, 0.1) is 12.3 Å². The number of sulfone groups is 1. The van der Waals surface area contributed by atoms with Gasteiger partial charge < -0.3 is 0 Å². The van der Waals surface area contributed by atoms with Gasteiger partial charge in [-0.2, -0.15) is 4.98 Å². The topological polar surface area (TPSA) is 94.3 Å². The van der Waals surface area contributed by atoms with Gasteiger partial charge in [-0.05, 0) is 0 Å². The number of carbonyl (C=O) groups excluding carboxylic acids is 1. The van der Waals surface area contributed by atoms with E-state index in [9.17, 15) is 13.2 Å². The molecule has 0 aromatic carbocycles. The molecule has 0 unspecified atom stereocenters. The van der Waals surface area contributed by atoms with Gasteiger partial charge in [-0.15, -0.1) is 10.1 Å². The molecule has 0 atom stereocenters. The summed E-state index contributed by atoms with van der Waals surface area (Å²) in [6, 6.07) is 0. The fourth-order valence-corrected chi connectivity index (χ4v) is 2.35. The number of nitrogens with zero attached hydrogens (tertiary/aromatic N) is 4. The first-order chi connectivity index (χ1) is 6.13. The largest absolute Gasteiger partial charge is 0.280 e. The maximum atomic E-state index is 11.2. The number of rotatable bonds is 1. The molecular weight excluding hydrogens is 196 g/mol. The van der Waals surface area contributed by atoms with Crippen LogP contribution in [0.2, 0.25) is 0 Å². The Bertz CT molecular complexity index is 496. The summed E-state index contributed by atoms with van der Waals surface area (Å²) in [6.45, 7) is 0.263. The molecule has 0 amide bonds. The number of hydrogen-bond donors (Lipinski definition) is 0. The molecule has 1 aliphatic rings. The van der Waals surface area contributed by atoms with Crippen molar-refractivity contribution in [1.82, 2.24) is 14.8 Å². The Hall–Kier alpha value is -1.53. The second-order valence-electron chi connectivity index (χ2n) is 2.44. The van der Waals surface area contributed by atoms with Crippen LogP contribution < -0.4 is 0 Å². The van der Waals surface area contributed by atoms with E-state index in [1.54, 1.807) is 0 Å². The first-order valence-corrected chi connectivity index (χ1v) is 5.04. The van der Waals surface area contributed by atoms with E-state index in [0.717, 1.165) is 0 Å². The number of aromatic nitrogens is 3. The number of isocyanates is 1. The Morgan fingerprint density at radius 3 is 2.92 bits per heavy atom. The third-order valence-electron chi connectivity index (χ3n) is 1.62. The molecule has 2 heterocycles. The summed E-state index contributed by atoms with van der Waals surface area (Å²) >= 11 is 0. The van der Waals surface area contributed by atoms with E-state index in [0.29, 0.717) is 0 Å².